The molecule has 1 unspecified atom stereocenters. The molecule has 1 amide bonds. The maximum Gasteiger partial charge on any atom is 0.229 e. The maximum absolute atomic E-state index is 12.5. The lowest BCUT2D eigenvalue weighted by Crippen LogP contribution is -3.20. The second-order valence-corrected chi connectivity index (χ2v) is 9.06. The Kier molecular flexibility index (Phi) is 3.90. The van der Waals surface area contributed by atoms with Crippen molar-refractivity contribution >= 4 is 5.91 Å². The number of carbonyl (C=O) groups excluding carboxylic acids is 1. The highest BCUT2D eigenvalue weighted by molar-refractivity contribution is 5.79. The van der Waals surface area contributed by atoms with Crippen LogP contribution in [-0.4, -0.2) is 46.1 Å². The Morgan fingerprint density at radius 1 is 1.38 bits per heavy atom. The summed E-state index contributed by atoms with van der Waals surface area (Å²) >= 11 is 0. The monoisotopic (exact) mass is 332 g/mol. The first kappa shape index (κ1) is 16.1. The van der Waals surface area contributed by atoms with Gasteiger partial charge in [-0.1, -0.05) is 26.0 Å². The predicted molar refractivity (Wildman–Crippen MR) is 90.6 cm³/mol. The maximum atomic E-state index is 12.5. The number of nitrogens with one attached hydrogen (secondary N) is 2. The van der Waals surface area contributed by atoms with Crippen molar-refractivity contribution in [1.29, 1.82) is 0 Å². The Hall–Kier alpha value is -1.43. The summed E-state index contributed by atoms with van der Waals surface area (Å²) in [6.45, 7) is 9.62. The van der Waals surface area contributed by atoms with Crippen LogP contribution in [0.2, 0.25) is 0 Å². The van der Waals surface area contributed by atoms with E-state index in [4.69, 9.17) is 0 Å². The van der Waals surface area contributed by atoms with Crippen molar-refractivity contribution in [2.24, 2.45) is 11.8 Å². The first-order valence-electron chi connectivity index (χ1n) is 9.46. The van der Waals surface area contributed by atoms with Crippen LogP contribution < -0.4 is 10.2 Å². The van der Waals surface area contributed by atoms with Crippen LogP contribution in [0.25, 0.3) is 0 Å². The summed E-state index contributed by atoms with van der Waals surface area (Å²) in [7, 11) is 0. The average molecular weight is 332 g/mol. The van der Waals surface area contributed by atoms with Gasteiger partial charge in [-0.3, -0.25) is 4.79 Å². The standard InChI is InChI=1S/C18H29N5O/c1-18(2,3)16-11-23(21-20-16)9-14-8-12-6-7-22(14)10-15(12)17(24)19-13-4-5-13/h11-15H,4-10H2,1-3H3,(H,19,24)/p+1/t12-,14+,15-/m0/s1. The largest absolute Gasteiger partial charge is 0.353 e. The van der Waals surface area contributed by atoms with Crippen LogP contribution in [-0.2, 0) is 16.8 Å². The molecule has 0 aromatic carbocycles. The van der Waals surface area contributed by atoms with Gasteiger partial charge in [0.2, 0.25) is 5.91 Å². The molecule has 6 nitrogen and oxygen atoms in total. The van der Waals surface area contributed by atoms with Gasteiger partial charge in [-0.15, -0.1) is 5.10 Å². The zero-order chi connectivity index (χ0) is 16.9. The highest BCUT2D eigenvalue weighted by atomic mass is 16.2. The molecule has 3 saturated heterocycles. The van der Waals surface area contributed by atoms with E-state index in [0.29, 0.717) is 23.9 Å². The topological polar surface area (TPSA) is 64.2 Å². The predicted octanol–water partition coefficient (Wildman–Crippen LogP) is 0.148. The van der Waals surface area contributed by atoms with E-state index in [2.05, 4.69) is 42.6 Å². The minimum Gasteiger partial charge on any atom is -0.353 e. The van der Waals surface area contributed by atoms with Crippen LogP contribution in [0.3, 0.4) is 0 Å². The fourth-order valence-electron chi connectivity index (χ4n) is 4.31. The smallest absolute Gasteiger partial charge is 0.229 e. The molecule has 4 aliphatic rings. The normalized spacial score (nSPS) is 32.8. The Morgan fingerprint density at radius 2 is 2.17 bits per heavy atom. The molecule has 1 saturated carbocycles. The number of aromatic nitrogens is 3. The highest BCUT2D eigenvalue weighted by Crippen LogP contribution is 2.29. The van der Waals surface area contributed by atoms with Crippen LogP contribution in [0.5, 0.6) is 0 Å². The molecule has 24 heavy (non-hydrogen) atoms. The highest BCUT2D eigenvalue weighted by Gasteiger charge is 2.47. The summed E-state index contributed by atoms with van der Waals surface area (Å²) < 4.78 is 2.01. The molecule has 5 rings (SSSR count). The van der Waals surface area contributed by atoms with Crippen molar-refractivity contribution in [2.45, 2.75) is 70.5 Å². The second-order valence-electron chi connectivity index (χ2n) is 9.06. The summed E-state index contributed by atoms with van der Waals surface area (Å²) in [5, 5.41) is 11.9. The van der Waals surface area contributed by atoms with E-state index in [1.54, 1.807) is 4.90 Å². The number of rotatable bonds is 4. The van der Waals surface area contributed by atoms with Gasteiger partial charge in [0.25, 0.3) is 0 Å². The van der Waals surface area contributed by atoms with Gasteiger partial charge in [0, 0.05) is 30.5 Å². The lowest BCUT2D eigenvalue weighted by Gasteiger charge is -2.46. The summed E-state index contributed by atoms with van der Waals surface area (Å²) in [4.78, 5) is 14.0. The molecule has 0 spiro atoms. The zero-order valence-electron chi connectivity index (χ0n) is 15.1. The SMILES string of the molecule is CC(C)(C)c1cn(C[C@H]2C[C@@H]3CC[NH+]2C[C@@H]3C(=O)NC2CC2)nn1. The van der Waals surface area contributed by atoms with E-state index in [9.17, 15) is 4.79 Å². The molecule has 4 heterocycles. The third-order valence-electron chi connectivity index (χ3n) is 6.03. The molecule has 3 aliphatic heterocycles. The summed E-state index contributed by atoms with van der Waals surface area (Å²) in [6.07, 6.45) is 6.78. The summed E-state index contributed by atoms with van der Waals surface area (Å²) in [5.41, 5.74) is 1.10. The van der Waals surface area contributed by atoms with Crippen LogP contribution in [0.4, 0.5) is 0 Å². The van der Waals surface area contributed by atoms with Gasteiger partial charge >= 0.3 is 0 Å². The third kappa shape index (κ3) is 3.21. The van der Waals surface area contributed by atoms with Crippen molar-refractivity contribution in [3.63, 3.8) is 0 Å². The Morgan fingerprint density at radius 3 is 2.75 bits per heavy atom. The quantitative estimate of drug-likeness (QED) is 0.825. The number of hydrogen-bond donors (Lipinski definition) is 2. The van der Waals surface area contributed by atoms with Crippen LogP contribution >= 0.6 is 0 Å². The molecule has 1 aromatic heterocycles. The van der Waals surface area contributed by atoms with E-state index in [-0.39, 0.29) is 11.3 Å². The van der Waals surface area contributed by atoms with Gasteiger partial charge in [-0.05, 0) is 18.8 Å². The van der Waals surface area contributed by atoms with Gasteiger partial charge < -0.3 is 10.2 Å². The van der Waals surface area contributed by atoms with Crippen molar-refractivity contribution < 1.29 is 9.69 Å². The van der Waals surface area contributed by atoms with Crippen LogP contribution in [0.15, 0.2) is 6.20 Å². The fraction of sp³-hybridized carbons (Fsp3) is 0.833. The molecule has 4 fully saturated rings. The molecule has 1 aliphatic carbocycles. The van der Waals surface area contributed by atoms with Crippen molar-refractivity contribution in [3.8, 4) is 0 Å². The summed E-state index contributed by atoms with van der Waals surface area (Å²) in [5.74, 6) is 1.09. The Bertz CT molecular complexity index is 615. The first-order chi connectivity index (χ1) is 11.4. The van der Waals surface area contributed by atoms with E-state index in [1.807, 2.05) is 4.68 Å². The van der Waals surface area contributed by atoms with Gasteiger partial charge in [0.05, 0.1) is 31.2 Å². The van der Waals surface area contributed by atoms with Gasteiger partial charge in [0.1, 0.15) is 6.04 Å². The molecular weight excluding hydrogens is 302 g/mol. The van der Waals surface area contributed by atoms with E-state index in [1.165, 1.54) is 25.8 Å². The van der Waals surface area contributed by atoms with E-state index < -0.39 is 0 Å². The first-order valence-corrected chi connectivity index (χ1v) is 9.46. The molecule has 6 heteroatoms. The molecule has 1 aromatic rings. The van der Waals surface area contributed by atoms with Crippen molar-refractivity contribution in [2.75, 3.05) is 13.1 Å². The number of piperidine rings is 3. The van der Waals surface area contributed by atoms with Gasteiger partial charge in [0.15, 0.2) is 0 Å². The average Bonchev–Trinajstić information content (AvgIpc) is 3.21. The summed E-state index contributed by atoms with van der Waals surface area (Å²) in [6, 6.07) is 1.05. The van der Waals surface area contributed by atoms with Crippen LogP contribution in [0, 0.1) is 11.8 Å². The molecular formula is C18H30N5O+. The minimum atomic E-state index is 0.0446. The number of fused-ring (bicyclic) bond motifs is 3. The third-order valence-corrected chi connectivity index (χ3v) is 6.03. The van der Waals surface area contributed by atoms with Crippen molar-refractivity contribution in [1.82, 2.24) is 20.3 Å². The van der Waals surface area contributed by atoms with E-state index in [0.717, 1.165) is 25.2 Å². The van der Waals surface area contributed by atoms with Gasteiger partial charge in [-0.25, -0.2) is 4.68 Å². The lowest BCUT2D eigenvalue weighted by atomic mass is 9.75. The zero-order valence-corrected chi connectivity index (χ0v) is 15.1. The Balaban J connectivity index is 1.38. The van der Waals surface area contributed by atoms with Gasteiger partial charge in [-0.2, -0.15) is 0 Å². The minimum absolute atomic E-state index is 0.0446. The molecule has 132 valence electrons. The van der Waals surface area contributed by atoms with Crippen LogP contribution in [0.1, 0.15) is 52.1 Å². The Labute approximate surface area is 144 Å². The number of amides is 1. The number of quaternary nitrogens is 1. The lowest BCUT2D eigenvalue weighted by molar-refractivity contribution is -0.945. The fourth-order valence-corrected chi connectivity index (χ4v) is 4.31. The van der Waals surface area contributed by atoms with Crippen molar-refractivity contribution in [3.05, 3.63) is 11.9 Å². The molecule has 4 atom stereocenters. The number of hydrogen-bond acceptors (Lipinski definition) is 3. The molecule has 0 radical (unpaired) electrons. The number of carbonyl (C=O) groups is 1. The number of nitrogens with zero attached hydrogens (tertiary/aromatic N) is 3. The second kappa shape index (κ2) is 5.83. The molecule has 2 N–H and O–H groups in total. The van der Waals surface area contributed by atoms with E-state index >= 15 is 0 Å². The molecule has 2 bridgehead atoms.